The Morgan fingerprint density at radius 3 is 0.798 bits per heavy atom. The number of para-hydroxylation sites is 10. The fourth-order valence-corrected chi connectivity index (χ4v) is 16.9. The molecular weight excluding hydrogens is 1330 g/mol. The fraction of sp³-hybridized carbons (Fsp3) is 0. The lowest BCUT2D eigenvalue weighted by atomic mass is 10.0. The Labute approximate surface area is 629 Å². The van der Waals surface area contributed by atoms with Gasteiger partial charge in [-0.3, -0.25) is 0 Å². The molecule has 512 valence electrons. The topological polar surface area (TPSA) is 39.3 Å². The van der Waals surface area contributed by atoms with Crippen molar-refractivity contribution < 1.29 is 4.42 Å². The number of anilines is 6. The summed E-state index contributed by atoms with van der Waals surface area (Å²) in [4.78, 5) is 4.79. The lowest BCUT2D eigenvalue weighted by Gasteiger charge is -2.26. The largest absolute Gasteiger partial charge is 0.455 e. The van der Waals surface area contributed by atoms with Gasteiger partial charge in [-0.2, -0.15) is 0 Å². The normalized spacial score (nSPS) is 11.7. The van der Waals surface area contributed by atoms with Crippen molar-refractivity contribution in [1.29, 1.82) is 0 Å². The van der Waals surface area contributed by atoms with E-state index in [9.17, 15) is 0 Å². The highest BCUT2D eigenvalue weighted by molar-refractivity contribution is 6.15. The van der Waals surface area contributed by atoms with Crippen LogP contribution in [0, 0.1) is 0 Å². The Kier molecular flexibility index (Phi) is 15.1. The molecule has 0 atom stereocenters. The van der Waals surface area contributed by atoms with Crippen LogP contribution in [0.25, 0.3) is 154 Å². The van der Waals surface area contributed by atoms with Gasteiger partial charge in [0.2, 0.25) is 0 Å². The summed E-state index contributed by atoms with van der Waals surface area (Å²) in [5.74, 6) is 0. The molecule has 7 nitrogen and oxygen atoms in total. The van der Waals surface area contributed by atoms with E-state index in [2.05, 4.69) is 428 Å². The van der Waals surface area contributed by atoms with Gasteiger partial charge >= 0.3 is 0 Å². The molecule has 22 aromatic rings. The number of benzene rings is 17. The van der Waals surface area contributed by atoms with Gasteiger partial charge in [-0.1, -0.05) is 261 Å². The SMILES string of the molecule is c1ccc(-c2ccc(N(c3ccc4c5ccccc5n(-c5ccccc5)c4c3)c3ccc4c5ccccc5n(-c5ccccc5)c4c3)cc2)cc1.c1ccc(-n2c3ccccc3c3ccc(N(c4ccc(-c5cccc6c5oc5ccccc56)cc4)c4ccc5c6ccccc6n(-c6ccccc6)c5c4)cc32)cc1. The lowest BCUT2D eigenvalue weighted by Crippen LogP contribution is -2.10. The highest BCUT2D eigenvalue weighted by Crippen LogP contribution is 2.47. The third-order valence-corrected chi connectivity index (χ3v) is 21.8. The second-order valence-corrected chi connectivity index (χ2v) is 28.0. The van der Waals surface area contributed by atoms with Gasteiger partial charge in [0, 0.05) is 116 Å². The first-order chi connectivity index (χ1) is 54.1. The monoisotopic (exact) mass is 1390 g/mol. The zero-order chi connectivity index (χ0) is 71.9. The summed E-state index contributed by atoms with van der Waals surface area (Å²) >= 11 is 0. The van der Waals surface area contributed by atoms with E-state index >= 15 is 0 Å². The van der Waals surface area contributed by atoms with Gasteiger partial charge in [-0.25, -0.2) is 0 Å². The van der Waals surface area contributed by atoms with Crippen LogP contribution in [0.4, 0.5) is 34.1 Å². The molecule has 0 saturated heterocycles. The Hall–Kier alpha value is -14.7. The van der Waals surface area contributed by atoms with E-state index in [4.69, 9.17) is 4.42 Å². The molecule has 5 aromatic heterocycles. The smallest absolute Gasteiger partial charge is 0.143 e. The zero-order valence-corrected chi connectivity index (χ0v) is 59.4. The Morgan fingerprint density at radius 2 is 0.440 bits per heavy atom. The molecule has 7 heteroatoms. The van der Waals surface area contributed by atoms with Crippen LogP contribution in [0.3, 0.4) is 0 Å². The molecule has 0 N–H and O–H groups in total. The molecule has 0 bridgehead atoms. The maximum Gasteiger partial charge on any atom is 0.143 e. The van der Waals surface area contributed by atoms with Crippen molar-refractivity contribution in [2.75, 3.05) is 9.80 Å². The summed E-state index contributed by atoms with van der Waals surface area (Å²) in [5, 5.41) is 12.1. The van der Waals surface area contributed by atoms with E-state index in [1.165, 1.54) is 87.3 Å². The van der Waals surface area contributed by atoms with E-state index in [0.717, 1.165) is 101 Å². The van der Waals surface area contributed by atoms with Crippen LogP contribution >= 0.6 is 0 Å². The van der Waals surface area contributed by atoms with Crippen LogP contribution in [0.15, 0.2) is 417 Å². The molecule has 109 heavy (non-hydrogen) atoms. The van der Waals surface area contributed by atoms with Gasteiger partial charge in [0.15, 0.2) is 0 Å². The van der Waals surface area contributed by atoms with Crippen LogP contribution < -0.4 is 9.80 Å². The Morgan fingerprint density at radius 1 is 0.174 bits per heavy atom. The van der Waals surface area contributed by atoms with Gasteiger partial charge in [0.25, 0.3) is 0 Å². The van der Waals surface area contributed by atoms with Crippen molar-refractivity contribution in [3.63, 3.8) is 0 Å². The molecule has 0 radical (unpaired) electrons. The zero-order valence-electron chi connectivity index (χ0n) is 59.4. The number of fused-ring (bicyclic) bond motifs is 15. The van der Waals surface area contributed by atoms with Crippen molar-refractivity contribution in [2.24, 2.45) is 0 Å². The van der Waals surface area contributed by atoms with Gasteiger partial charge in [-0.15, -0.1) is 0 Å². The van der Waals surface area contributed by atoms with Gasteiger partial charge < -0.3 is 32.5 Å². The van der Waals surface area contributed by atoms with Gasteiger partial charge in [0.1, 0.15) is 11.2 Å². The van der Waals surface area contributed by atoms with Crippen molar-refractivity contribution in [3.05, 3.63) is 413 Å². The van der Waals surface area contributed by atoms with Crippen molar-refractivity contribution in [1.82, 2.24) is 18.3 Å². The minimum atomic E-state index is 0.902. The third kappa shape index (κ3) is 10.7. The molecule has 0 aliphatic carbocycles. The molecule has 22 rings (SSSR count). The summed E-state index contributed by atoms with van der Waals surface area (Å²) in [6.07, 6.45) is 0. The first kappa shape index (κ1) is 62.9. The first-order valence-corrected chi connectivity index (χ1v) is 37.2. The predicted molar refractivity (Wildman–Crippen MR) is 458 cm³/mol. The molecular formula is C102H68N6O. The summed E-state index contributed by atoms with van der Waals surface area (Å²) in [7, 11) is 0. The van der Waals surface area contributed by atoms with E-state index in [1.54, 1.807) is 0 Å². The molecule has 0 fully saturated rings. The molecule has 0 saturated carbocycles. The number of rotatable bonds is 12. The molecule has 0 aliphatic rings. The number of furan rings is 1. The van der Waals surface area contributed by atoms with E-state index in [0.29, 0.717) is 0 Å². The lowest BCUT2D eigenvalue weighted by molar-refractivity contribution is 0.670. The second kappa shape index (κ2) is 26.2. The van der Waals surface area contributed by atoms with Gasteiger partial charge in [0.05, 0.1) is 44.1 Å². The maximum absolute atomic E-state index is 6.47. The average Bonchev–Trinajstić information content (AvgIpc) is 1.62. The Bertz CT molecular complexity index is 6880. The van der Waals surface area contributed by atoms with E-state index in [1.807, 2.05) is 12.1 Å². The van der Waals surface area contributed by atoms with E-state index in [-0.39, 0.29) is 0 Å². The highest BCUT2D eigenvalue weighted by Gasteiger charge is 2.24. The molecule has 0 amide bonds. The van der Waals surface area contributed by atoms with Gasteiger partial charge in [-0.05, 0) is 168 Å². The maximum atomic E-state index is 6.47. The predicted octanol–water partition coefficient (Wildman–Crippen LogP) is 27.9. The first-order valence-electron chi connectivity index (χ1n) is 37.2. The van der Waals surface area contributed by atoms with Crippen LogP contribution in [-0.4, -0.2) is 18.3 Å². The fourth-order valence-electron chi connectivity index (χ4n) is 16.9. The minimum absolute atomic E-state index is 0.902. The quantitative estimate of drug-likeness (QED) is 0.122. The van der Waals surface area contributed by atoms with Crippen LogP contribution in [0.5, 0.6) is 0 Å². The number of hydrogen-bond acceptors (Lipinski definition) is 3. The molecule has 0 aliphatic heterocycles. The average molecular weight is 1390 g/mol. The number of aromatic nitrogens is 4. The molecule has 0 unspecified atom stereocenters. The summed E-state index contributed by atoms with van der Waals surface area (Å²) < 4.78 is 16.0. The molecule has 5 heterocycles. The van der Waals surface area contributed by atoms with Crippen molar-refractivity contribution in [2.45, 2.75) is 0 Å². The minimum Gasteiger partial charge on any atom is -0.455 e. The van der Waals surface area contributed by atoms with Crippen LogP contribution in [0.2, 0.25) is 0 Å². The third-order valence-electron chi connectivity index (χ3n) is 21.8. The number of hydrogen-bond donors (Lipinski definition) is 0. The van der Waals surface area contributed by atoms with Crippen molar-refractivity contribution in [3.8, 4) is 45.0 Å². The summed E-state index contributed by atoms with van der Waals surface area (Å²) in [5.41, 5.74) is 26.9. The molecule has 17 aromatic carbocycles. The summed E-state index contributed by atoms with van der Waals surface area (Å²) in [6.45, 7) is 0. The van der Waals surface area contributed by atoms with Crippen LogP contribution in [0.1, 0.15) is 0 Å². The second-order valence-electron chi connectivity index (χ2n) is 28.0. The van der Waals surface area contributed by atoms with Crippen LogP contribution in [-0.2, 0) is 0 Å². The van der Waals surface area contributed by atoms with E-state index < -0.39 is 0 Å². The highest BCUT2D eigenvalue weighted by atomic mass is 16.3. The Balaban J connectivity index is 0.000000140. The van der Waals surface area contributed by atoms with Crippen molar-refractivity contribution >= 4 is 143 Å². The standard InChI is InChI=1S/C54H35N3O.C48H33N3/c1-3-14-37(15-4-1)56-49-23-10-7-18-43(49)45-32-30-40(34-51(45)56)55(39-28-26-36(27-29-39)42-21-13-22-48-47-20-9-12-25-53(47)58-54(42)48)41-31-33-46-44-19-8-11-24-50(44)57(52(46)35-41)38-16-5-2-6-17-38;1-4-14-34(15-5-1)35-24-26-38(27-25-35)49(39-28-30-43-41-20-10-12-22-45(41)50(47(43)32-39)36-16-6-2-7-17-36)40-29-31-44-42-21-11-13-23-46(42)51(48(44)33-40)37-18-8-3-9-19-37/h1-35H;1-33H. The molecule has 0 spiro atoms. The number of nitrogens with zero attached hydrogens (tertiary/aromatic N) is 6. The summed E-state index contributed by atoms with van der Waals surface area (Å²) in [6, 6.07) is 148.